The molecule has 1 rings (SSSR count). The van der Waals surface area contributed by atoms with Crippen LogP contribution in [0.25, 0.3) is 0 Å². The summed E-state index contributed by atoms with van der Waals surface area (Å²) in [6, 6.07) is 3.56. The highest BCUT2D eigenvalue weighted by molar-refractivity contribution is 5.94. The number of nitrogens with zero attached hydrogens (tertiary/aromatic N) is 1. The summed E-state index contributed by atoms with van der Waals surface area (Å²) in [6.07, 6.45) is 0. The molecule has 6 nitrogen and oxygen atoms in total. The molecule has 0 fully saturated rings. The zero-order valence-electron chi connectivity index (χ0n) is 9.01. The second kappa shape index (κ2) is 5.78. The first-order chi connectivity index (χ1) is 8.10. The highest BCUT2D eigenvalue weighted by atomic mass is 19.1. The summed E-state index contributed by atoms with van der Waals surface area (Å²) in [7, 11) is 1.11. The van der Waals surface area contributed by atoms with Gasteiger partial charge in [-0.3, -0.25) is 10.1 Å². The number of benzene rings is 1. The Balaban J connectivity index is 3.10. The zero-order chi connectivity index (χ0) is 12.8. The van der Waals surface area contributed by atoms with Crippen molar-refractivity contribution in [1.82, 2.24) is 0 Å². The van der Waals surface area contributed by atoms with Crippen LogP contribution in [0.15, 0.2) is 18.2 Å². The van der Waals surface area contributed by atoms with Crippen molar-refractivity contribution in [2.45, 2.75) is 0 Å². The van der Waals surface area contributed by atoms with Gasteiger partial charge in [-0.2, -0.15) is 0 Å². The normalized spacial score (nSPS) is 9.76. The molecule has 0 atom stereocenters. The second-order valence-corrected chi connectivity index (χ2v) is 2.97. The van der Waals surface area contributed by atoms with Crippen LogP contribution in [0.1, 0.15) is 10.4 Å². The third-order valence-corrected chi connectivity index (χ3v) is 1.92. The number of rotatable bonds is 5. The highest BCUT2D eigenvalue weighted by Crippen LogP contribution is 2.24. The summed E-state index contributed by atoms with van der Waals surface area (Å²) in [4.78, 5) is 21.3. The molecule has 0 saturated carbocycles. The van der Waals surface area contributed by atoms with E-state index >= 15 is 0 Å². The fourth-order valence-corrected chi connectivity index (χ4v) is 1.19. The molecule has 7 heteroatoms. The quantitative estimate of drug-likeness (QED) is 0.447. The average Bonchev–Trinajstić information content (AvgIpc) is 2.34. The molecule has 0 N–H and O–H groups in total. The Bertz CT molecular complexity index is 435. The molecule has 0 amide bonds. The first kappa shape index (κ1) is 12.9. The van der Waals surface area contributed by atoms with E-state index < -0.39 is 17.6 Å². The molecule has 1 aromatic carbocycles. The lowest BCUT2D eigenvalue weighted by Gasteiger charge is -2.06. The van der Waals surface area contributed by atoms with Gasteiger partial charge in [0, 0.05) is 12.1 Å². The number of esters is 1. The fraction of sp³-hybridized carbons (Fsp3) is 0.300. The van der Waals surface area contributed by atoms with Gasteiger partial charge in [-0.25, -0.2) is 9.18 Å². The van der Waals surface area contributed by atoms with Gasteiger partial charge in [0.15, 0.2) is 0 Å². The second-order valence-electron chi connectivity index (χ2n) is 2.97. The number of methoxy groups -OCH3 is 1. The van der Waals surface area contributed by atoms with Crippen molar-refractivity contribution in [3.63, 3.8) is 0 Å². The van der Waals surface area contributed by atoms with Crippen LogP contribution >= 0.6 is 0 Å². The molecule has 0 aromatic heterocycles. The van der Waals surface area contributed by atoms with Crippen LogP contribution in [0.5, 0.6) is 5.75 Å². The number of nitro benzene ring substituents is 1. The number of hydrogen-bond donors (Lipinski definition) is 0. The molecule has 1 aromatic rings. The predicted molar refractivity (Wildman–Crippen MR) is 55.9 cm³/mol. The van der Waals surface area contributed by atoms with Crippen molar-refractivity contribution in [3.8, 4) is 5.75 Å². The minimum atomic E-state index is -0.845. The van der Waals surface area contributed by atoms with E-state index in [0.29, 0.717) is 0 Å². The van der Waals surface area contributed by atoms with Gasteiger partial charge in [-0.15, -0.1) is 0 Å². The van der Waals surface area contributed by atoms with Gasteiger partial charge in [0.25, 0.3) is 5.69 Å². The number of hydrogen-bond acceptors (Lipinski definition) is 5. The van der Waals surface area contributed by atoms with E-state index in [4.69, 9.17) is 4.74 Å². The van der Waals surface area contributed by atoms with E-state index in [1.54, 1.807) is 0 Å². The standard InChI is InChI=1S/C10H10FNO5/c1-16-10(13)8-6-7(17-5-4-11)2-3-9(8)12(14)15/h2-3,6H,4-5H2,1H3. The molecule has 0 aliphatic carbocycles. The van der Waals surface area contributed by atoms with Gasteiger partial charge in [0.05, 0.1) is 12.0 Å². The van der Waals surface area contributed by atoms with Gasteiger partial charge >= 0.3 is 5.97 Å². The first-order valence-electron chi connectivity index (χ1n) is 4.65. The van der Waals surface area contributed by atoms with Gasteiger partial charge in [0.1, 0.15) is 24.6 Å². The van der Waals surface area contributed by atoms with Crippen LogP contribution in [0.2, 0.25) is 0 Å². The molecule has 0 spiro atoms. The van der Waals surface area contributed by atoms with E-state index in [0.717, 1.165) is 19.2 Å². The summed E-state index contributed by atoms with van der Waals surface area (Å²) in [5, 5.41) is 10.7. The van der Waals surface area contributed by atoms with E-state index in [1.165, 1.54) is 6.07 Å². The van der Waals surface area contributed by atoms with Gasteiger partial charge in [0.2, 0.25) is 0 Å². The third-order valence-electron chi connectivity index (χ3n) is 1.92. The Hall–Kier alpha value is -2.18. The number of ether oxygens (including phenoxy) is 2. The van der Waals surface area contributed by atoms with E-state index in [1.807, 2.05) is 0 Å². The Labute approximate surface area is 96.1 Å². The summed E-state index contributed by atoms with van der Waals surface area (Å²) in [5.41, 5.74) is -0.613. The van der Waals surface area contributed by atoms with Crippen molar-refractivity contribution in [3.05, 3.63) is 33.9 Å². The minimum absolute atomic E-state index is 0.175. The monoisotopic (exact) mass is 243 g/mol. The molecule has 0 heterocycles. The lowest BCUT2D eigenvalue weighted by molar-refractivity contribution is -0.385. The van der Waals surface area contributed by atoms with E-state index in [2.05, 4.69) is 4.74 Å². The maximum absolute atomic E-state index is 11.9. The molecular formula is C10H10FNO5. The Kier molecular flexibility index (Phi) is 4.38. The molecular weight excluding hydrogens is 233 g/mol. The van der Waals surface area contributed by atoms with Crippen LogP contribution in [-0.2, 0) is 4.74 Å². The third kappa shape index (κ3) is 3.13. The number of carbonyl (C=O) groups is 1. The number of halogens is 1. The zero-order valence-corrected chi connectivity index (χ0v) is 9.01. The first-order valence-corrected chi connectivity index (χ1v) is 4.65. The van der Waals surface area contributed by atoms with Gasteiger partial charge < -0.3 is 9.47 Å². The van der Waals surface area contributed by atoms with Crippen LogP contribution in [0.3, 0.4) is 0 Å². The number of nitro groups is 1. The molecule has 17 heavy (non-hydrogen) atoms. The summed E-state index contributed by atoms with van der Waals surface area (Å²) in [5.74, 6) is -0.670. The maximum Gasteiger partial charge on any atom is 0.345 e. The Morgan fingerprint density at radius 2 is 2.24 bits per heavy atom. The fourth-order valence-electron chi connectivity index (χ4n) is 1.19. The number of carbonyl (C=O) groups excluding carboxylic acids is 1. The lowest BCUT2D eigenvalue weighted by atomic mass is 10.1. The van der Waals surface area contributed by atoms with Gasteiger partial charge in [-0.1, -0.05) is 0 Å². The van der Waals surface area contributed by atoms with Crippen LogP contribution in [0, 0.1) is 10.1 Å². The minimum Gasteiger partial charge on any atom is -0.491 e. The number of alkyl halides is 1. The Morgan fingerprint density at radius 3 is 2.76 bits per heavy atom. The molecule has 0 radical (unpaired) electrons. The van der Waals surface area contributed by atoms with Crippen molar-refractivity contribution < 1.29 is 23.6 Å². The molecule has 0 bridgehead atoms. The van der Waals surface area contributed by atoms with Crippen molar-refractivity contribution in [2.24, 2.45) is 0 Å². The van der Waals surface area contributed by atoms with Crippen molar-refractivity contribution >= 4 is 11.7 Å². The predicted octanol–water partition coefficient (Wildman–Crippen LogP) is 1.73. The molecule has 0 unspecified atom stereocenters. The summed E-state index contributed by atoms with van der Waals surface area (Å²) >= 11 is 0. The van der Waals surface area contributed by atoms with Crippen LogP contribution in [0.4, 0.5) is 10.1 Å². The lowest BCUT2D eigenvalue weighted by Crippen LogP contribution is -2.07. The average molecular weight is 243 g/mol. The highest BCUT2D eigenvalue weighted by Gasteiger charge is 2.21. The maximum atomic E-state index is 11.9. The summed E-state index contributed by atoms with van der Waals surface area (Å²) < 4.78 is 21.2. The van der Waals surface area contributed by atoms with Crippen molar-refractivity contribution in [2.75, 3.05) is 20.4 Å². The van der Waals surface area contributed by atoms with E-state index in [9.17, 15) is 19.3 Å². The van der Waals surface area contributed by atoms with Gasteiger partial charge in [-0.05, 0) is 6.07 Å². The molecule has 0 saturated heterocycles. The molecule has 92 valence electrons. The summed E-state index contributed by atoms with van der Waals surface area (Å²) in [6.45, 7) is -0.872. The van der Waals surface area contributed by atoms with Crippen molar-refractivity contribution in [1.29, 1.82) is 0 Å². The van der Waals surface area contributed by atoms with Crippen LogP contribution < -0.4 is 4.74 Å². The molecule has 0 aliphatic heterocycles. The SMILES string of the molecule is COC(=O)c1cc(OCCF)ccc1[N+](=O)[O-]. The molecule has 0 aliphatic rings. The topological polar surface area (TPSA) is 78.7 Å². The van der Waals surface area contributed by atoms with Crippen LogP contribution in [-0.4, -0.2) is 31.3 Å². The largest absolute Gasteiger partial charge is 0.491 e. The smallest absolute Gasteiger partial charge is 0.345 e. The van der Waals surface area contributed by atoms with E-state index in [-0.39, 0.29) is 23.6 Å². The Morgan fingerprint density at radius 1 is 1.53 bits per heavy atom.